The molecular formula is C20H20ClN5O. The minimum atomic E-state index is -0.215. The van der Waals surface area contributed by atoms with Crippen LogP contribution in [0.5, 0.6) is 0 Å². The van der Waals surface area contributed by atoms with Crippen LogP contribution in [0.15, 0.2) is 41.3 Å². The number of halogens is 1. The SMILES string of the molecule is Cc1nn(C)c2c1C(=N)N(c1cc(C)c(=O)n(C)c1)C2c1ccc(Cl)cc1. The third kappa shape index (κ3) is 2.59. The lowest BCUT2D eigenvalue weighted by atomic mass is 10.0. The van der Waals surface area contributed by atoms with E-state index in [2.05, 4.69) is 5.10 Å². The Morgan fingerprint density at radius 1 is 1.15 bits per heavy atom. The van der Waals surface area contributed by atoms with E-state index in [1.54, 1.807) is 24.7 Å². The summed E-state index contributed by atoms with van der Waals surface area (Å²) in [5.41, 5.74) is 5.04. The van der Waals surface area contributed by atoms with E-state index in [1.807, 2.05) is 53.9 Å². The summed E-state index contributed by atoms with van der Waals surface area (Å²) in [7, 11) is 3.63. The Hall–Kier alpha value is -2.86. The highest BCUT2D eigenvalue weighted by molar-refractivity contribution is 6.30. The molecule has 1 atom stereocenters. The topological polar surface area (TPSA) is 66.9 Å². The summed E-state index contributed by atoms with van der Waals surface area (Å²) in [5, 5.41) is 14.0. The van der Waals surface area contributed by atoms with Crippen molar-refractivity contribution in [2.75, 3.05) is 4.90 Å². The van der Waals surface area contributed by atoms with E-state index >= 15 is 0 Å². The molecule has 0 amide bonds. The third-order valence-corrected chi connectivity index (χ3v) is 5.33. The fourth-order valence-corrected chi connectivity index (χ4v) is 4.00. The fourth-order valence-electron chi connectivity index (χ4n) is 3.87. The van der Waals surface area contributed by atoms with E-state index in [9.17, 15) is 4.79 Å². The van der Waals surface area contributed by atoms with Crippen LogP contribution < -0.4 is 10.5 Å². The number of hydrogen-bond acceptors (Lipinski definition) is 3. The van der Waals surface area contributed by atoms with Gasteiger partial charge in [-0.1, -0.05) is 23.7 Å². The number of pyridine rings is 1. The summed E-state index contributed by atoms with van der Waals surface area (Å²) < 4.78 is 3.40. The molecule has 0 spiro atoms. The molecular weight excluding hydrogens is 362 g/mol. The molecule has 4 rings (SSSR count). The van der Waals surface area contributed by atoms with Gasteiger partial charge in [0.05, 0.1) is 22.6 Å². The van der Waals surface area contributed by atoms with Gasteiger partial charge in [-0.25, -0.2) is 0 Å². The van der Waals surface area contributed by atoms with Gasteiger partial charge in [0, 0.05) is 30.9 Å². The van der Waals surface area contributed by atoms with Gasteiger partial charge in [-0.05, 0) is 37.6 Å². The number of rotatable bonds is 2. The van der Waals surface area contributed by atoms with Crippen molar-refractivity contribution < 1.29 is 0 Å². The minimum absolute atomic E-state index is 0.0390. The zero-order chi connectivity index (χ0) is 19.5. The second-order valence-corrected chi connectivity index (χ2v) is 7.38. The van der Waals surface area contributed by atoms with Crippen molar-refractivity contribution >= 4 is 23.1 Å². The van der Waals surface area contributed by atoms with Crippen molar-refractivity contribution in [3.05, 3.63) is 80.0 Å². The first-order valence-corrected chi connectivity index (χ1v) is 9.01. The third-order valence-electron chi connectivity index (χ3n) is 5.07. The Labute approximate surface area is 162 Å². The van der Waals surface area contributed by atoms with Crippen molar-refractivity contribution in [1.82, 2.24) is 14.3 Å². The van der Waals surface area contributed by atoms with E-state index in [0.29, 0.717) is 16.4 Å². The normalized spacial score (nSPS) is 16.1. The summed E-state index contributed by atoms with van der Waals surface area (Å²) in [4.78, 5) is 14.1. The van der Waals surface area contributed by atoms with Gasteiger partial charge in [0.2, 0.25) is 0 Å². The zero-order valence-electron chi connectivity index (χ0n) is 15.6. The molecule has 1 aliphatic heterocycles. The molecule has 1 N–H and O–H groups in total. The second kappa shape index (κ2) is 6.09. The Balaban J connectivity index is 1.97. The number of anilines is 1. The van der Waals surface area contributed by atoms with Gasteiger partial charge in [0.25, 0.3) is 5.56 Å². The van der Waals surface area contributed by atoms with Gasteiger partial charge in [0.15, 0.2) is 0 Å². The fraction of sp³-hybridized carbons (Fsp3) is 0.250. The molecule has 7 heteroatoms. The summed E-state index contributed by atoms with van der Waals surface area (Å²) in [6.45, 7) is 3.71. The van der Waals surface area contributed by atoms with Crippen LogP contribution >= 0.6 is 11.6 Å². The highest BCUT2D eigenvalue weighted by Crippen LogP contribution is 2.42. The molecule has 0 fully saturated rings. The smallest absolute Gasteiger partial charge is 0.253 e. The van der Waals surface area contributed by atoms with Gasteiger partial charge < -0.3 is 9.47 Å². The minimum Gasteiger partial charge on any atom is -0.316 e. The maximum absolute atomic E-state index is 12.1. The Bertz CT molecular complexity index is 1100. The summed E-state index contributed by atoms with van der Waals surface area (Å²) in [5.74, 6) is 0.383. The van der Waals surface area contributed by atoms with Crippen LogP contribution in [0.25, 0.3) is 0 Å². The average molecular weight is 382 g/mol. The van der Waals surface area contributed by atoms with Gasteiger partial charge in [-0.2, -0.15) is 5.10 Å². The highest BCUT2D eigenvalue weighted by Gasteiger charge is 2.41. The van der Waals surface area contributed by atoms with Gasteiger partial charge in [0.1, 0.15) is 11.9 Å². The van der Waals surface area contributed by atoms with E-state index in [1.165, 1.54) is 0 Å². The lowest BCUT2D eigenvalue weighted by Gasteiger charge is -2.28. The molecule has 0 saturated carbocycles. The van der Waals surface area contributed by atoms with E-state index in [-0.39, 0.29) is 11.6 Å². The molecule has 2 aromatic heterocycles. The molecule has 3 aromatic rings. The first-order valence-electron chi connectivity index (χ1n) is 8.64. The molecule has 138 valence electrons. The van der Waals surface area contributed by atoms with Gasteiger partial charge >= 0.3 is 0 Å². The Kier molecular flexibility index (Phi) is 3.96. The molecule has 1 unspecified atom stereocenters. The highest BCUT2D eigenvalue weighted by atomic mass is 35.5. The molecule has 0 saturated heterocycles. The van der Waals surface area contributed by atoms with Crippen LogP contribution in [0.4, 0.5) is 5.69 Å². The van der Waals surface area contributed by atoms with Crippen molar-refractivity contribution in [3.63, 3.8) is 0 Å². The quantitative estimate of drug-likeness (QED) is 0.740. The molecule has 1 aliphatic rings. The molecule has 27 heavy (non-hydrogen) atoms. The van der Waals surface area contributed by atoms with Crippen LogP contribution in [0.2, 0.25) is 5.02 Å². The summed E-state index contributed by atoms with van der Waals surface area (Å²) in [6, 6.07) is 9.28. The molecule has 0 aliphatic carbocycles. The second-order valence-electron chi connectivity index (χ2n) is 6.94. The number of amidine groups is 1. The van der Waals surface area contributed by atoms with Gasteiger partial charge in [-0.3, -0.25) is 14.9 Å². The van der Waals surface area contributed by atoms with E-state index < -0.39 is 0 Å². The van der Waals surface area contributed by atoms with Crippen LogP contribution in [0.1, 0.15) is 34.1 Å². The van der Waals surface area contributed by atoms with Crippen molar-refractivity contribution in [1.29, 1.82) is 5.41 Å². The monoisotopic (exact) mass is 381 g/mol. The first-order chi connectivity index (χ1) is 12.8. The average Bonchev–Trinajstić information content (AvgIpc) is 3.08. The molecule has 0 bridgehead atoms. The van der Waals surface area contributed by atoms with Crippen molar-refractivity contribution in [3.8, 4) is 0 Å². The Morgan fingerprint density at radius 3 is 2.44 bits per heavy atom. The zero-order valence-corrected chi connectivity index (χ0v) is 16.4. The number of fused-ring (bicyclic) bond motifs is 1. The number of benzene rings is 1. The number of nitrogens with zero attached hydrogens (tertiary/aromatic N) is 4. The van der Waals surface area contributed by atoms with Crippen molar-refractivity contribution in [2.24, 2.45) is 14.1 Å². The number of aromatic nitrogens is 3. The largest absolute Gasteiger partial charge is 0.316 e. The molecule has 3 heterocycles. The van der Waals surface area contributed by atoms with Crippen molar-refractivity contribution in [2.45, 2.75) is 19.9 Å². The maximum Gasteiger partial charge on any atom is 0.253 e. The van der Waals surface area contributed by atoms with Crippen LogP contribution in [0.3, 0.4) is 0 Å². The van der Waals surface area contributed by atoms with Gasteiger partial charge in [-0.15, -0.1) is 0 Å². The molecule has 6 nitrogen and oxygen atoms in total. The predicted molar refractivity (Wildman–Crippen MR) is 107 cm³/mol. The molecule has 1 aromatic carbocycles. The first kappa shape index (κ1) is 17.5. The predicted octanol–water partition coefficient (Wildman–Crippen LogP) is 3.32. The van der Waals surface area contributed by atoms with Crippen LogP contribution in [-0.4, -0.2) is 20.2 Å². The number of aryl methyl sites for hydroxylation is 4. The number of hydrogen-bond donors (Lipinski definition) is 1. The standard InChI is InChI=1S/C20H20ClN5O/c1-11-9-15(10-24(3)20(11)27)26-17(13-5-7-14(21)8-6-13)18-16(19(26)22)12(2)23-25(18)4/h5-10,17,22H,1-4H3. The lowest BCUT2D eigenvalue weighted by molar-refractivity contribution is 0.670. The van der Waals surface area contributed by atoms with E-state index in [4.69, 9.17) is 17.0 Å². The van der Waals surface area contributed by atoms with Crippen LogP contribution in [-0.2, 0) is 14.1 Å². The van der Waals surface area contributed by atoms with E-state index in [0.717, 1.165) is 28.2 Å². The maximum atomic E-state index is 12.1. The summed E-state index contributed by atoms with van der Waals surface area (Å²) in [6.07, 6.45) is 1.78. The Morgan fingerprint density at radius 2 is 1.81 bits per heavy atom. The number of nitrogens with one attached hydrogen (secondary N) is 1. The van der Waals surface area contributed by atoms with Crippen LogP contribution in [0, 0.1) is 19.3 Å². The lowest BCUT2D eigenvalue weighted by Crippen LogP contribution is -2.32. The molecule has 0 radical (unpaired) electrons. The summed E-state index contributed by atoms with van der Waals surface area (Å²) >= 11 is 6.08.